The molecule has 20 heavy (non-hydrogen) atoms. The molecule has 0 atom stereocenters. The summed E-state index contributed by atoms with van der Waals surface area (Å²) in [6, 6.07) is 4.54. The molecule has 1 rings (SSSR count). The van der Waals surface area contributed by atoms with Crippen LogP contribution in [0, 0.1) is 5.82 Å². The lowest BCUT2D eigenvalue weighted by Crippen LogP contribution is -2.36. The normalized spacial score (nSPS) is 10.6. The molecule has 1 aromatic carbocycles. The number of benzene rings is 1. The Labute approximate surface area is 124 Å². The van der Waals surface area contributed by atoms with Crippen molar-refractivity contribution >= 4 is 23.1 Å². The van der Waals surface area contributed by atoms with Gasteiger partial charge in [0.05, 0.1) is 6.54 Å². The summed E-state index contributed by atoms with van der Waals surface area (Å²) in [6.45, 7) is 5.60. The third kappa shape index (κ3) is 4.86. The molecule has 0 aliphatic carbocycles. The second kappa shape index (κ2) is 7.91. The Bertz CT molecular complexity index is 493. The van der Waals surface area contributed by atoms with E-state index in [1.54, 1.807) is 12.1 Å². The van der Waals surface area contributed by atoms with Gasteiger partial charge in [0.2, 0.25) is 5.91 Å². The number of hydrogen-bond donors (Lipinski definition) is 2. The van der Waals surface area contributed by atoms with Crippen LogP contribution in [-0.4, -0.2) is 35.4 Å². The fraction of sp³-hybridized carbons (Fsp3) is 0.429. The van der Waals surface area contributed by atoms with Gasteiger partial charge in [-0.05, 0) is 31.7 Å². The zero-order chi connectivity index (χ0) is 15.1. The number of halogens is 1. The molecule has 1 aromatic rings. The Hall–Kier alpha value is -1.53. The van der Waals surface area contributed by atoms with Crippen molar-refractivity contribution in [1.82, 2.24) is 10.2 Å². The van der Waals surface area contributed by atoms with Crippen molar-refractivity contribution in [2.24, 2.45) is 5.73 Å². The molecule has 110 valence electrons. The monoisotopic (exact) mass is 297 g/mol. The molecule has 0 spiro atoms. The lowest BCUT2D eigenvalue weighted by atomic mass is 10.1. The van der Waals surface area contributed by atoms with E-state index < -0.39 is 0 Å². The lowest BCUT2D eigenvalue weighted by Gasteiger charge is -2.20. The average molecular weight is 297 g/mol. The molecule has 6 heteroatoms. The molecule has 0 bridgehead atoms. The standard InChI is InChI=1S/C14H20FN3OS/c1-3-17-13(19)9-18(4-2)8-11-7-10(14(16)20)5-6-12(11)15/h5-7H,3-4,8-9H2,1-2H3,(H2,16,20)(H,17,19). The fourth-order valence-corrected chi connectivity index (χ4v) is 1.95. The second-order valence-electron chi connectivity index (χ2n) is 4.43. The summed E-state index contributed by atoms with van der Waals surface area (Å²) in [7, 11) is 0. The number of nitrogens with two attached hydrogens (primary N) is 1. The number of nitrogens with zero attached hydrogens (tertiary/aromatic N) is 1. The number of carbonyl (C=O) groups is 1. The van der Waals surface area contributed by atoms with Crippen molar-refractivity contribution in [3.05, 3.63) is 35.1 Å². The number of carbonyl (C=O) groups excluding carboxylic acids is 1. The zero-order valence-electron chi connectivity index (χ0n) is 11.8. The van der Waals surface area contributed by atoms with Crippen LogP contribution in [0.4, 0.5) is 4.39 Å². The maximum atomic E-state index is 13.8. The van der Waals surface area contributed by atoms with Crippen molar-refractivity contribution in [1.29, 1.82) is 0 Å². The van der Waals surface area contributed by atoms with E-state index in [0.29, 0.717) is 30.8 Å². The Morgan fingerprint density at radius 1 is 1.45 bits per heavy atom. The second-order valence-corrected chi connectivity index (χ2v) is 4.87. The van der Waals surface area contributed by atoms with Crippen molar-refractivity contribution in [3.63, 3.8) is 0 Å². The summed E-state index contributed by atoms with van der Waals surface area (Å²) in [5.41, 5.74) is 6.67. The van der Waals surface area contributed by atoms with Crippen LogP contribution in [0.15, 0.2) is 18.2 Å². The summed E-state index contributed by atoms with van der Waals surface area (Å²) in [5, 5.41) is 2.73. The van der Waals surface area contributed by atoms with E-state index in [4.69, 9.17) is 18.0 Å². The van der Waals surface area contributed by atoms with E-state index in [1.807, 2.05) is 18.7 Å². The van der Waals surface area contributed by atoms with Crippen LogP contribution in [0.25, 0.3) is 0 Å². The highest BCUT2D eigenvalue weighted by molar-refractivity contribution is 7.80. The third-order valence-corrected chi connectivity index (χ3v) is 3.15. The van der Waals surface area contributed by atoms with Crippen LogP contribution in [0.3, 0.4) is 0 Å². The molecule has 0 aliphatic rings. The van der Waals surface area contributed by atoms with E-state index in [-0.39, 0.29) is 23.3 Å². The van der Waals surface area contributed by atoms with Gasteiger partial charge in [-0.3, -0.25) is 9.69 Å². The minimum absolute atomic E-state index is 0.0692. The first-order valence-electron chi connectivity index (χ1n) is 6.55. The molecule has 0 heterocycles. The first kappa shape index (κ1) is 16.5. The number of thiocarbonyl (C=S) groups is 1. The largest absolute Gasteiger partial charge is 0.389 e. The van der Waals surface area contributed by atoms with Crippen molar-refractivity contribution in [2.75, 3.05) is 19.6 Å². The highest BCUT2D eigenvalue weighted by atomic mass is 32.1. The van der Waals surface area contributed by atoms with E-state index in [9.17, 15) is 9.18 Å². The molecule has 0 saturated heterocycles. The van der Waals surface area contributed by atoms with E-state index >= 15 is 0 Å². The van der Waals surface area contributed by atoms with Crippen LogP contribution in [0.2, 0.25) is 0 Å². The number of nitrogens with one attached hydrogen (secondary N) is 1. The maximum Gasteiger partial charge on any atom is 0.234 e. The van der Waals surface area contributed by atoms with Gasteiger partial charge in [0.25, 0.3) is 0 Å². The molecule has 0 radical (unpaired) electrons. The van der Waals surface area contributed by atoms with Gasteiger partial charge in [0, 0.05) is 24.2 Å². The average Bonchev–Trinajstić information content (AvgIpc) is 2.40. The van der Waals surface area contributed by atoms with Gasteiger partial charge in [-0.25, -0.2) is 4.39 Å². The molecule has 0 fully saturated rings. The fourth-order valence-electron chi connectivity index (χ4n) is 1.83. The molecule has 1 amide bonds. The molecule has 0 aromatic heterocycles. The lowest BCUT2D eigenvalue weighted by molar-refractivity contribution is -0.122. The molecular formula is C14H20FN3OS. The Kier molecular flexibility index (Phi) is 6.54. The van der Waals surface area contributed by atoms with Gasteiger partial charge in [0.1, 0.15) is 10.8 Å². The third-order valence-electron chi connectivity index (χ3n) is 2.91. The molecule has 0 saturated carbocycles. The van der Waals surface area contributed by atoms with Crippen molar-refractivity contribution in [2.45, 2.75) is 20.4 Å². The number of hydrogen-bond acceptors (Lipinski definition) is 3. The summed E-state index contributed by atoms with van der Waals surface area (Å²) in [4.78, 5) is 13.7. The first-order valence-corrected chi connectivity index (χ1v) is 6.96. The topological polar surface area (TPSA) is 58.4 Å². The Morgan fingerprint density at radius 3 is 2.70 bits per heavy atom. The number of likely N-dealkylation sites (N-methyl/N-ethyl adjacent to an activating group) is 2. The predicted octanol–water partition coefficient (Wildman–Crippen LogP) is 1.42. The maximum absolute atomic E-state index is 13.8. The minimum Gasteiger partial charge on any atom is -0.389 e. The van der Waals surface area contributed by atoms with Gasteiger partial charge < -0.3 is 11.1 Å². The number of rotatable bonds is 7. The zero-order valence-corrected chi connectivity index (χ0v) is 12.6. The van der Waals surface area contributed by atoms with Gasteiger partial charge in [0.15, 0.2) is 0 Å². The van der Waals surface area contributed by atoms with Crippen molar-refractivity contribution < 1.29 is 9.18 Å². The molecule has 0 aliphatic heterocycles. The van der Waals surface area contributed by atoms with Gasteiger partial charge in [-0.1, -0.05) is 19.1 Å². The van der Waals surface area contributed by atoms with E-state index in [1.165, 1.54) is 6.07 Å². The summed E-state index contributed by atoms with van der Waals surface area (Å²) in [5.74, 6) is -0.389. The summed E-state index contributed by atoms with van der Waals surface area (Å²) in [6.07, 6.45) is 0. The van der Waals surface area contributed by atoms with Crippen LogP contribution < -0.4 is 11.1 Å². The molecule has 4 nitrogen and oxygen atoms in total. The van der Waals surface area contributed by atoms with E-state index in [0.717, 1.165) is 0 Å². The van der Waals surface area contributed by atoms with Crippen LogP contribution in [0.1, 0.15) is 25.0 Å². The van der Waals surface area contributed by atoms with Crippen molar-refractivity contribution in [3.8, 4) is 0 Å². The van der Waals surface area contributed by atoms with Gasteiger partial charge in [-0.2, -0.15) is 0 Å². The minimum atomic E-state index is -0.320. The molecule has 3 N–H and O–H groups in total. The Balaban J connectivity index is 2.81. The summed E-state index contributed by atoms with van der Waals surface area (Å²) >= 11 is 4.89. The van der Waals surface area contributed by atoms with Crippen LogP contribution >= 0.6 is 12.2 Å². The molecular weight excluding hydrogens is 277 g/mol. The number of amides is 1. The first-order chi connectivity index (χ1) is 9.47. The van der Waals surface area contributed by atoms with Crippen LogP contribution in [-0.2, 0) is 11.3 Å². The summed E-state index contributed by atoms with van der Waals surface area (Å²) < 4.78 is 13.8. The Morgan fingerprint density at radius 2 is 2.15 bits per heavy atom. The highest BCUT2D eigenvalue weighted by Gasteiger charge is 2.12. The predicted molar refractivity (Wildman–Crippen MR) is 81.9 cm³/mol. The van der Waals surface area contributed by atoms with Gasteiger partial charge >= 0.3 is 0 Å². The SMILES string of the molecule is CCNC(=O)CN(CC)Cc1cc(C(N)=S)ccc1F. The van der Waals surface area contributed by atoms with Gasteiger partial charge in [-0.15, -0.1) is 0 Å². The molecule has 0 unspecified atom stereocenters. The smallest absolute Gasteiger partial charge is 0.234 e. The highest BCUT2D eigenvalue weighted by Crippen LogP contribution is 2.13. The quantitative estimate of drug-likeness (QED) is 0.747. The van der Waals surface area contributed by atoms with E-state index in [2.05, 4.69) is 5.32 Å². The van der Waals surface area contributed by atoms with Crippen LogP contribution in [0.5, 0.6) is 0 Å².